The van der Waals surface area contributed by atoms with Crippen molar-refractivity contribution in [1.82, 2.24) is 0 Å². The zero-order valence-electron chi connectivity index (χ0n) is 15.2. The minimum absolute atomic E-state index is 0.0517. The Morgan fingerprint density at radius 1 is 1.07 bits per heavy atom. The van der Waals surface area contributed by atoms with Gasteiger partial charge in [0.15, 0.2) is 0 Å². The lowest BCUT2D eigenvalue weighted by Gasteiger charge is -2.12. The normalized spacial score (nSPS) is 12.2. The van der Waals surface area contributed by atoms with Gasteiger partial charge in [-0.05, 0) is 56.3 Å². The largest absolute Gasteiger partial charge is 0.478 e. The molecule has 0 aliphatic heterocycles. The summed E-state index contributed by atoms with van der Waals surface area (Å²) < 4.78 is 0. The molecule has 0 bridgehead atoms. The first-order valence-electron chi connectivity index (χ1n) is 8.30. The van der Waals surface area contributed by atoms with Crippen molar-refractivity contribution >= 4 is 52.5 Å². The number of halogens is 1. The van der Waals surface area contributed by atoms with Crippen LogP contribution in [0.25, 0.3) is 0 Å². The average Bonchev–Trinajstić information content (AvgIpc) is 2.63. The molecule has 0 spiro atoms. The van der Waals surface area contributed by atoms with Gasteiger partial charge < -0.3 is 15.7 Å². The van der Waals surface area contributed by atoms with E-state index in [0.29, 0.717) is 16.4 Å². The molecule has 2 rings (SSSR count). The summed E-state index contributed by atoms with van der Waals surface area (Å²) in [6.45, 7) is 3.14. The van der Waals surface area contributed by atoms with Crippen molar-refractivity contribution in [3.63, 3.8) is 0 Å². The second-order valence-electron chi connectivity index (χ2n) is 5.91. The molecular formula is C20H19ClN2O4S. The molecular weight excluding hydrogens is 400 g/mol. The number of hydrogen-bond donors (Lipinski definition) is 3. The van der Waals surface area contributed by atoms with Gasteiger partial charge in [-0.25, -0.2) is 4.79 Å². The molecule has 146 valence electrons. The van der Waals surface area contributed by atoms with Crippen LogP contribution in [0.15, 0.2) is 65.1 Å². The van der Waals surface area contributed by atoms with Crippen LogP contribution in [0.2, 0.25) is 5.02 Å². The van der Waals surface area contributed by atoms with E-state index < -0.39 is 11.9 Å². The molecule has 2 aromatic rings. The van der Waals surface area contributed by atoms with Crippen molar-refractivity contribution in [2.45, 2.75) is 24.0 Å². The SMILES string of the molecule is C/C(=C/C(=O)Nc1ccc(S[C@H](C)C(=O)Nc2cccc(Cl)c2)cc1)C(=O)O. The van der Waals surface area contributed by atoms with Crippen molar-refractivity contribution < 1.29 is 19.5 Å². The molecule has 0 aromatic heterocycles. The maximum atomic E-state index is 12.3. The Bertz CT molecular complexity index is 913. The molecule has 0 heterocycles. The number of hydrogen-bond acceptors (Lipinski definition) is 4. The van der Waals surface area contributed by atoms with Gasteiger partial charge in [-0.2, -0.15) is 0 Å². The third kappa shape index (κ3) is 6.75. The lowest BCUT2D eigenvalue weighted by atomic mass is 10.2. The second kappa shape index (κ2) is 9.96. The smallest absolute Gasteiger partial charge is 0.331 e. The Morgan fingerprint density at radius 2 is 1.75 bits per heavy atom. The Hall–Kier alpha value is -2.77. The van der Waals surface area contributed by atoms with Gasteiger partial charge >= 0.3 is 5.97 Å². The summed E-state index contributed by atoms with van der Waals surface area (Å²) in [7, 11) is 0. The summed E-state index contributed by atoms with van der Waals surface area (Å²) in [6.07, 6.45) is 1.02. The third-order valence-electron chi connectivity index (χ3n) is 3.58. The zero-order chi connectivity index (χ0) is 20.7. The van der Waals surface area contributed by atoms with E-state index in [2.05, 4.69) is 10.6 Å². The molecule has 0 unspecified atom stereocenters. The fraction of sp³-hybridized carbons (Fsp3) is 0.150. The van der Waals surface area contributed by atoms with Gasteiger partial charge in [0.05, 0.1) is 5.25 Å². The molecule has 2 aromatic carbocycles. The average molecular weight is 419 g/mol. The highest BCUT2D eigenvalue weighted by Gasteiger charge is 2.15. The number of amides is 2. The summed E-state index contributed by atoms with van der Waals surface area (Å²) in [6, 6.07) is 13.9. The van der Waals surface area contributed by atoms with E-state index in [1.165, 1.54) is 18.7 Å². The maximum absolute atomic E-state index is 12.3. The van der Waals surface area contributed by atoms with E-state index in [-0.39, 0.29) is 16.7 Å². The Balaban J connectivity index is 1.92. The first kappa shape index (κ1) is 21.5. The number of anilines is 2. The maximum Gasteiger partial charge on any atom is 0.331 e. The van der Waals surface area contributed by atoms with Crippen LogP contribution in [0.1, 0.15) is 13.8 Å². The first-order chi connectivity index (χ1) is 13.2. The van der Waals surface area contributed by atoms with Gasteiger partial charge in [0, 0.05) is 32.9 Å². The summed E-state index contributed by atoms with van der Waals surface area (Å²) >= 11 is 7.28. The summed E-state index contributed by atoms with van der Waals surface area (Å²) in [5, 5.41) is 14.4. The predicted octanol–water partition coefficient (Wildman–Crippen LogP) is 4.43. The molecule has 0 radical (unpaired) electrons. The van der Waals surface area contributed by atoms with Crippen molar-refractivity contribution in [3.05, 3.63) is 65.2 Å². The quantitative estimate of drug-likeness (QED) is 0.456. The second-order valence-corrected chi connectivity index (χ2v) is 7.76. The number of carboxylic acids is 1. The van der Waals surface area contributed by atoms with Crippen LogP contribution in [0.4, 0.5) is 11.4 Å². The standard InChI is InChI=1S/C20H19ClN2O4S/c1-12(20(26)27)10-18(24)22-15-6-8-17(9-7-15)28-13(2)19(25)23-16-5-3-4-14(21)11-16/h3-11,13H,1-2H3,(H,22,24)(H,23,25)(H,26,27)/b12-10-/t13-/m1/s1. The van der Waals surface area contributed by atoms with Gasteiger partial charge in [0.25, 0.3) is 0 Å². The molecule has 28 heavy (non-hydrogen) atoms. The van der Waals surface area contributed by atoms with Crippen LogP contribution >= 0.6 is 23.4 Å². The Kier molecular flexibility index (Phi) is 7.66. The van der Waals surface area contributed by atoms with E-state index in [9.17, 15) is 14.4 Å². The first-order valence-corrected chi connectivity index (χ1v) is 9.56. The van der Waals surface area contributed by atoms with Gasteiger partial charge in [-0.3, -0.25) is 9.59 Å². The lowest BCUT2D eigenvalue weighted by molar-refractivity contribution is -0.132. The fourth-order valence-corrected chi connectivity index (χ4v) is 3.18. The number of nitrogens with one attached hydrogen (secondary N) is 2. The zero-order valence-corrected chi connectivity index (χ0v) is 16.8. The molecule has 2 amide bonds. The number of carbonyl (C=O) groups excluding carboxylic acids is 2. The molecule has 6 nitrogen and oxygen atoms in total. The van der Waals surface area contributed by atoms with E-state index in [0.717, 1.165) is 11.0 Å². The predicted molar refractivity (Wildman–Crippen MR) is 112 cm³/mol. The van der Waals surface area contributed by atoms with Crippen LogP contribution in [0.5, 0.6) is 0 Å². The van der Waals surface area contributed by atoms with Gasteiger partial charge in [-0.1, -0.05) is 17.7 Å². The molecule has 0 fully saturated rings. The van der Waals surface area contributed by atoms with E-state index in [1.54, 1.807) is 55.5 Å². The molecule has 8 heteroatoms. The molecule has 3 N–H and O–H groups in total. The van der Waals surface area contributed by atoms with Crippen molar-refractivity contribution in [2.75, 3.05) is 10.6 Å². The fourth-order valence-electron chi connectivity index (χ4n) is 2.12. The third-order valence-corrected chi connectivity index (χ3v) is 4.93. The van der Waals surface area contributed by atoms with Crippen molar-refractivity contribution in [2.24, 2.45) is 0 Å². The van der Waals surface area contributed by atoms with Gasteiger partial charge in [-0.15, -0.1) is 11.8 Å². The van der Waals surface area contributed by atoms with Crippen LogP contribution in [0, 0.1) is 0 Å². The monoisotopic (exact) mass is 418 g/mol. The summed E-state index contributed by atoms with van der Waals surface area (Å²) in [5.41, 5.74) is 1.11. The number of carbonyl (C=O) groups is 3. The van der Waals surface area contributed by atoms with Crippen LogP contribution in [-0.2, 0) is 14.4 Å². The van der Waals surface area contributed by atoms with E-state index in [1.807, 2.05) is 0 Å². The number of aliphatic carboxylic acids is 1. The van der Waals surface area contributed by atoms with Gasteiger partial charge in [0.2, 0.25) is 11.8 Å². The van der Waals surface area contributed by atoms with Crippen molar-refractivity contribution in [1.29, 1.82) is 0 Å². The molecule has 1 atom stereocenters. The number of benzene rings is 2. The molecule has 0 aliphatic rings. The number of thioether (sulfide) groups is 1. The van der Waals surface area contributed by atoms with Crippen LogP contribution < -0.4 is 10.6 Å². The topological polar surface area (TPSA) is 95.5 Å². The number of carboxylic acid groups (broad SMARTS) is 1. The lowest BCUT2D eigenvalue weighted by Crippen LogP contribution is -2.22. The van der Waals surface area contributed by atoms with Crippen LogP contribution in [-0.4, -0.2) is 28.1 Å². The highest BCUT2D eigenvalue weighted by Crippen LogP contribution is 2.26. The van der Waals surface area contributed by atoms with Crippen LogP contribution in [0.3, 0.4) is 0 Å². The molecule has 0 aliphatic carbocycles. The number of rotatable bonds is 7. The Labute approximate surface area is 172 Å². The minimum atomic E-state index is -1.15. The Morgan fingerprint density at radius 3 is 2.36 bits per heavy atom. The molecule has 0 saturated heterocycles. The van der Waals surface area contributed by atoms with Gasteiger partial charge in [0.1, 0.15) is 0 Å². The minimum Gasteiger partial charge on any atom is -0.478 e. The summed E-state index contributed by atoms with van der Waals surface area (Å²) in [4.78, 5) is 35.7. The van der Waals surface area contributed by atoms with E-state index in [4.69, 9.17) is 16.7 Å². The summed E-state index contributed by atoms with van der Waals surface area (Å²) in [5.74, 6) is -1.82. The van der Waals surface area contributed by atoms with E-state index >= 15 is 0 Å². The van der Waals surface area contributed by atoms with Crippen molar-refractivity contribution in [3.8, 4) is 0 Å². The highest BCUT2D eigenvalue weighted by atomic mass is 35.5. The molecule has 0 saturated carbocycles. The highest BCUT2D eigenvalue weighted by molar-refractivity contribution is 8.00.